The first-order valence-electron chi connectivity index (χ1n) is 1.92. The zero-order chi connectivity index (χ0) is 8.58. The molecular formula is C3HF5I2. The van der Waals surface area contributed by atoms with Crippen LogP contribution in [0.25, 0.3) is 0 Å². The largest absolute Gasteiger partial charge is 0.455 e. The Kier molecular flexibility index (Phi) is 3.59. The molecular weight excluding hydrogens is 385 g/mol. The number of rotatable bonds is 1. The lowest BCUT2D eigenvalue weighted by Gasteiger charge is -2.20. The van der Waals surface area contributed by atoms with E-state index in [1.165, 1.54) is 0 Å². The van der Waals surface area contributed by atoms with E-state index >= 15 is 0 Å². The Balaban J connectivity index is 4.40. The van der Waals surface area contributed by atoms with Crippen LogP contribution in [0.1, 0.15) is 0 Å². The molecule has 0 nitrogen and oxygen atoms in total. The van der Waals surface area contributed by atoms with Gasteiger partial charge in [0.1, 0.15) is 1.93 Å². The Hall–Kier alpha value is 1.11. The van der Waals surface area contributed by atoms with E-state index in [1.54, 1.807) is 0 Å². The molecule has 0 aliphatic rings. The fourth-order valence-electron chi connectivity index (χ4n) is 0.124. The summed E-state index contributed by atoms with van der Waals surface area (Å²) in [6.45, 7) is 0. The lowest BCUT2D eigenvalue weighted by molar-refractivity contribution is -0.271. The third-order valence-corrected chi connectivity index (χ3v) is 2.22. The molecule has 0 aliphatic carbocycles. The van der Waals surface area contributed by atoms with E-state index in [-0.39, 0.29) is 0 Å². The number of halogens is 7. The monoisotopic (exact) mass is 386 g/mol. The van der Waals surface area contributed by atoms with E-state index in [2.05, 4.69) is 0 Å². The van der Waals surface area contributed by atoms with Crippen LogP contribution in [0, 0.1) is 0 Å². The summed E-state index contributed by atoms with van der Waals surface area (Å²) in [6.07, 6.45) is -5.43. The van der Waals surface area contributed by atoms with Gasteiger partial charge in [-0.3, -0.25) is 0 Å². The lowest BCUT2D eigenvalue weighted by Crippen LogP contribution is -2.41. The summed E-state index contributed by atoms with van der Waals surface area (Å²) in [5.41, 5.74) is 0. The zero-order valence-electron chi connectivity index (χ0n) is 4.22. The first-order chi connectivity index (χ1) is 4.19. The summed E-state index contributed by atoms with van der Waals surface area (Å²) < 4.78 is 56.0. The van der Waals surface area contributed by atoms with Crippen LogP contribution in [0.15, 0.2) is 0 Å². The van der Waals surface area contributed by atoms with Crippen molar-refractivity contribution in [1.82, 2.24) is 0 Å². The van der Waals surface area contributed by atoms with Gasteiger partial charge in [0, 0.05) is 0 Å². The van der Waals surface area contributed by atoms with E-state index in [0.717, 1.165) is 45.2 Å². The Labute approximate surface area is 80.8 Å². The minimum atomic E-state index is -5.43. The SMILES string of the molecule is FC(F)(F)C(F)(F)C(I)I. The molecule has 0 rings (SSSR count). The van der Waals surface area contributed by atoms with E-state index in [4.69, 9.17) is 0 Å². The molecule has 0 spiro atoms. The third-order valence-electron chi connectivity index (χ3n) is 0.652. The molecule has 0 aromatic rings. The van der Waals surface area contributed by atoms with Gasteiger partial charge in [0.05, 0.1) is 0 Å². The number of hydrogen-bond donors (Lipinski definition) is 0. The van der Waals surface area contributed by atoms with Gasteiger partial charge in [-0.25, -0.2) is 0 Å². The third kappa shape index (κ3) is 2.31. The lowest BCUT2D eigenvalue weighted by atomic mass is 10.4. The maximum absolute atomic E-state index is 11.9. The quantitative estimate of drug-likeness (QED) is 0.369. The van der Waals surface area contributed by atoms with Crippen molar-refractivity contribution in [3.63, 3.8) is 0 Å². The number of alkyl halides is 7. The van der Waals surface area contributed by atoms with Crippen LogP contribution in [-0.2, 0) is 0 Å². The van der Waals surface area contributed by atoms with Crippen LogP contribution in [0.3, 0.4) is 0 Å². The zero-order valence-corrected chi connectivity index (χ0v) is 8.54. The highest BCUT2D eigenvalue weighted by Gasteiger charge is 2.61. The van der Waals surface area contributed by atoms with Gasteiger partial charge in [-0.1, -0.05) is 45.2 Å². The first-order valence-corrected chi connectivity index (χ1v) is 4.41. The summed E-state index contributed by atoms with van der Waals surface area (Å²) >= 11 is 2.05. The standard InChI is InChI=1S/C3HF5I2/c4-2(5,1(9)10)3(6,7)8/h1H. The van der Waals surface area contributed by atoms with Crippen molar-refractivity contribution in [2.24, 2.45) is 0 Å². The van der Waals surface area contributed by atoms with Crippen LogP contribution in [-0.4, -0.2) is 14.0 Å². The molecule has 0 aromatic heterocycles. The minimum Gasteiger partial charge on any atom is -0.194 e. The van der Waals surface area contributed by atoms with Crippen LogP contribution in [0.2, 0.25) is 0 Å². The van der Waals surface area contributed by atoms with Crippen molar-refractivity contribution in [1.29, 1.82) is 0 Å². The van der Waals surface area contributed by atoms with Crippen molar-refractivity contribution >= 4 is 45.2 Å². The average Bonchev–Trinajstić information content (AvgIpc) is 1.62. The van der Waals surface area contributed by atoms with Gasteiger partial charge in [-0.05, 0) is 0 Å². The topological polar surface area (TPSA) is 0 Å². The van der Waals surface area contributed by atoms with E-state index < -0.39 is 14.0 Å². The van der Waals surface area contributed by atoms with Gasteiger partial charge in [-0.15, -0.1) is 0 Å². The molecule has 62 valence electrons. The van der Waals surface area contributed by atoms with Crippen molar-refractivity contribution in [3.8, 4) is 0 Å². The van der Waals surface area contributed by atoms with Crippen LogP contribution in [0.4, 0.5) is 22.0 Å². The van der Waals surface area contributed by atoms with Crippen molar-refractivity contribution in [3.05, 3.63) is 0 Å². The van der Waals surface area contributed by atoms with Gasteiger partial charge < -0.3 is 0 Å². The molecule has 0 saturated carbocycles. The Morgan fingerprint density at radius 2 is 1.20 bits per heavy atom. The summed E-state index contributed by atoms with van der Waals surface area (Å²) in [7, 11) is 0. The smallest absolute Gasteiger partial charge is 0.194 e. The fourth-order valence-corrected chi connectivity index (χ4v) is 0.830. The average molecular weight is 386 g/mol. The summed E-state index contributed by atoms with van der Waals surface area (Å²) in [5.74, 6) is -4.59. The molecule has 0 bridgehead atoms. The molecule has 0 aliphatic heterocycles. The molecule has 7 heteroatoms. The highest BCUT2D eigenvalue weighted by molar-refractivity contribution is 14.2. The molecule has 0 heterocycles. The van der Waals surface area contributed by atoms with E-state index in [1.807, 2.05) is 0 Å². The fraction of sp³-hybridized carbons (Fsp3) is 1.00. The second kappa shape index (κ2) is 3.23. The molecule has 0 aromatic carbocycles. The summed E-state index contributed by atoms with van der Waals surface area (Å²) in [5, 5.41) is 0. The molecule has 0 radical (unpaired) electrons. The molecule has 0 saturated heterocycles. The Morgan fingerprint density at radius 3 is 1.20 bits per heavy atom. The second-order valence-corrected chi connectivity index (χ2v) is 6.30. The van der Waals surface area contributed by atoms with Crippen molar-refractivity contribution in [2.75, 3.05) is 0 Å². The predicted octanol–water partition coefficient (Wildman–Crippen LogP) is 3.38. The first kappa shape index (κ1) is 11.1. The molecule has 10 heavy (non-hydrogen) atoms. The highest BCUT2D eigenvalue weighted by Crippen LogP contribution is 2.43. The summed E-state index contributed by atoms with van der Waals surface area (Å²) in [6, 6.07) is 0. The van der Waals surface area contributed by atoms with Crippen molar-refractivity contribution in [2.45, 2.75) is 14.0 Å². The molecule has 0 atom stereocenters. The second-order valence-electron chi connectivity index (χ2n) is 1.42. The normalized spacial score (nSPS) is 14.4. The van der Waals surface area contributed by atoms with E-state index in [9.17, 15) is 22.0 Å². The maximum atomic E-state index is 11.9. The van der Waals surface area contributed by atoms with Gasteiger partial charge in [-0.2, -0.15) is 22.0 Å². The van der Waals surface area contributed by atoms with E-state index in [0.29, 0.717) is 0 Å². The molecule has 0 fully saturated rings. The van der Waals surface area contributed by atoms with Crippen LogP contribution >= 0.6 is 45.2 Å². The van der Waals surface area contributed by atoms with Gasteiger partial charge in [0.15, 0.2) is 0 Å². The molecule has 0 N–H and O–H groups in total. The molecule has 0 unspecified atom stereocenters. The van der Waals surface area contributed by atoms with Crippen LogP contribution < -0.4 is 0 Å². The Morgan fingerprint density at radius 1 is 0.900 bits per heavy atom. The van der Waals surface area contributed by atoms with Crippen LogP contribution in [0.5, 0.6) is 0 Å². The Bertz CT molecular complexity index is 117. The molecule has 0 amide bonds. The highest BCUT2D eigenvalue weighted by atomic mass is 127. The maximum Gasteiger partial charge on any atom is 0.455 e. The number of hydrogen-bond acceptors (Lipinski definition) is 0. The van der Waals surface area contributed by atoms with Gasteiger partial charge in [0.2, 0.25) is 0 Å². The summed E-state index contributed by atoms with van der Waals surface area (Å²) in [4.78, 5) is 0. The van der Waals surface area contributed by atoms with Gasteiger partial charge >= 0.3 is 12.1 Å². The van der Waals surface area contributed by atoms with Crippen molar-refractivity contribution < 1.29 is 22.0 Å². The van der Waals surface area contributed by atoms with Gasteiger partial charge in [0.25, 0.3) is 0 Å². The predicted molar refractivity (Wildman–Crippen MR) is 42.8 cm³/mol. The minimum absolute atomic E-state index is 1.03.